The van der Waals surface area contributed by atoms with Crippen LogP contribution in [0.15, 0.2) is 77.9 Å². The summed E-state index contributed by atoms with van der Waals surface area (Å²) in [7, 11) is 0. The van der Waals surface area contributed by atoms with Crippen LogP contribution in [0.25, 0.3) is 22.2 Å². The highest BCUT2D eigenvalue weighted by atomic mass is 35.5. The summed E-state index contributed by atoms with van der Waals surface area (Å²) >= 11 is 12.1. The summed E-state index contributed by atoms with van der Waals surface area (Å²) in [4.78, 5) is 22.6. The third kappa shape index (κ3) is 4.69. The van der Waals surface area contributed by atoms with Crippen LogP contribution >= 0.6 is 23.2 Å². The second-order valence-corrected chi connectivity index (χ2v) is 8.68. The van der Waals surface area contributed by atoms with Crippen molar-refractivity contribution in [2.45, 2.75) is 6.42 Å². The van der Waals surface area contributed by atoms with Crippen molar-refractivity contribution in [1.82, 2.24) is 20.0 Å². The molecule has 3 N–H and O–H groups in total. The monoisotopic (exact) mass is 502 g/mol. The van der Waals surface area contributed by atoms with E-state index < -0.39 is 0 Å². The largest absolute Gasteiger partial charge is 0.383 e. The first-order valence-corrected chi connectivity index (χ1v) is 11.6. The minimum atomic E-state index is -0.337. The van der Waals surface area contributed by atoms with Crippen LogP contribution in [0.5, 0.6) is 0 Å². The zero-order valence-electron chi connectivity index (χ0n) is 18.5. The molecule has 2 aromatic heterocycles. The van der Waals surface area contributed by atoms with Gasteiger partial charge in [-0.15, -0.1) is 0 Å². The Labute approximate surface area is 211 Å². The molecule has 0 saturated heterocycles. The average Bonchev–Trinajstić information content (AvgIpc) is 3.14. The van der Waals surface area contributed by atoms with Gasteiger partial charge in [-0.25, -0.2) is 9.97 Å². The van der Waals surface area contributed by atoms with Crippen LogP contribution in [-0.2, 0) is 6.42 Å². The number of aromatic nitrogens is 3. The SMILES string of the molecule is Nc1c(C(=O)NCCc2ccccc2)c2nc3ccccc3nc2n1/N=C/c1ccc(Cl)c(Cl)c1. The average molecular weight is 503 g/mol. The molecule has 0 aliphatic heterocycles. The number of nitrogen functional groups attached to an aromatic ring is 1. The number of rotatable bonds is 6. The molecule has 0 spiro atoms. The van der Waals surface area contributed by atoms with Crippen LogP contribution in [-0.4, -0.2) is 33.3 Å². The van der Waals surface area contributed by atoms with Gasteiger partial charge >= 0.3 is 0 Å². The number of nitrogens with zero attached hydrogens (tertiary/aromatic N) is 4. The van der Waals surface area contributed by atoms with Gasteiger partial charge in [0, 0.05) is 6.54 Å². The van der Waals surface area contributed by atoms with E-state index in [0.29, 0.717) is 50.8 Å². The van der Waals surface area contributed by atoms with Crippen molar-refractivity contribution in [1.29, 1.82) is 0 Å². The second-order valence-electron chi connectivity index (χ2n) is 7.87. The summed E-state index contributed by atoms with van der Waals surface area (Å²) in [6.07, 6.45) is 2.27. The second kappa shape index (κ2) is 9.74. The van der Waals surface area contributed by atoms with E-state index in [4.69, 9.17) is 38.9 Å². The van der Waals surface area contributed by atoms with E-state index >= 15 is 0 Å². The molecule has 0 saturated carbocycles. The van der Waals surface area contributed by atoms with Gasteiger partial charge in [0.2, 0.25) is 0 Å². The summed E-state index contributed by atoms with van der Waals surface area (Å²) in [6, 6.07) is 22.5. The van der Waals surface area contributed by atoms with Crippen molar-refractivity contribution >= 4 is 63.3 Å². The van der Waals surface area contributed by atoms with Crippen molar-refractivity contribution in [2.24, 2.45) is 5.10 Å². The molecule has 5 aromatic rings. The van der Waals surface area contributed by atoms with Crippen LogP contribution in [0.2, 0.25) is 10.0 Å². The molecule has 0 radical (unpaired) electrons. The molecule has 3 aromatic carbocycles. The maximum absolute atomic E-state index is 13.2. The molecule has 0 aliphatic carbocycles. The van der Waals surface area contributed by atoms with Gasteiger partial charge < -0.3 is 11.1 Å². The van der Waals surface area contributed by atoms with Crippen LogP contribution in [0.3, 0.4) is 0 Å². The number of nitrogens with one attached hydrogen (secondary N) is 1. The normalized spacial score (nSPS) is 11.5. The van der Waals surface area contributed by atoms with Crippen LogP contribution < -0.4 is 11.1 Å². The maximum atomic E-state index is 13.2. The predicted octanol–water partition coefficient (Wildman–Crippen LogP) is 5.33. The lowest BCUT2D eigenvalue weighted by Crippen LogP contribution is -2.26. The van der Waals surface area contributed by atoms with Crippen molar-refractivity contribution < 1.29 is 4.79 Å². The molecule has 0 fully saturated rings. The number of benzene rings is 3. The molecule has 9 heteroatoms. The summed E-state index contributed by atoms with van der Waals surface area (Å²) in [5, 5.41) is 8.29. The van der Waals surface area contributed by atoms with E-state index in [2.05, 4.69) is 10.4 Å². The van der Waals surface area contributed by atoms with Gasteiger partial charge in [-0.1, -0.05) is 71.7 Å². The predicted molar refractivity (Wildman–Crippen MR) is 141 cm³/mol. The highest BCUT2D eigenvalue weighted by molar-refractivity contribution is 6.42. The van der Waals surface area contributed by atoms with E-state index in [0.717, 1.165) is 5.56 Å². The quantitative estimate of drug-likeness (QED) is 0.306. The van der Waals surface area contributed by atoms with Gasteiger partial charge in [-0.3, -0.25) is 4.79 Å². The zero-order valence-corrected chi connectivity index (χ0v) is 20.0. The van der Waals surface area contributed by atoms with Crippen molar-refractivity contribution in [3.05, 3.63) is 99.5 Å². The standard InChI is InChI=1S/C26H20Cl2N6O/c27-18-11-10-17(14-19(18)28)15-31-34-24(29)22(26(35)30-13-12-16-6-2-1-3-7-16)23-25(34)33-21-9-5-4-8-20(21)32-23/h1-11,14-15H,12-13,29H2,(H,30,35)/b31-15+. The number of anilines is 1. The first-order chi connectivity index (χ1) is 17.0. The highest BCUT2D eigenvalue weighted by Crippen LogP contribution is 2.28. The summed E-state index contributed by atoms with van der Waals surface area (Å²) < 4.78 is 1.42. The van der Waals surface area contributed by atoms with E-state index in [1.807, 2.05) is 54.6 Å². The fraction of sp³-hybridized carbons (Fsp3) is 0.0769. The fourth-order valence-electron chi connectivity index (χ4n) is 3.76. The van der Waals surface area contributed by atoms with Gasteiger partial charge in [-0.2, -0.15) is 9.78 Å². The molecular weight excluding hydrogens is 483 g/mol. The molecule has 0 atom stereocenters. The number of para-hydroxylation sites is 2. The number of carbonyl (C=O) groups is 1. The Morgan fingerprint density at radius 3 is 2.43 bits per heavy atom. The number of halogens is 2. The number of nitrogens with two attached hydrogens (primary N) is 1. The van der Waals surface area contributed by atoms with Crippen LogP contribution in [0.4, 0.5) is 5.82 Å². The Balaban J connectivity index is 1.54. The van der Waals surface area contributed by atoms with Gasteiger partial charge in [0.1, 0.15) is 16.9 Å². The Bertz CT molecular complexity index is 1580. The molecule has 174 valence electrons. The number of fused-ring (bicyclic) bond motifs is 2. The van der Waals surface area contributed by atoms with E-state index in [1.54, 1.807) is 24.4 Å². The Kier molecular flexibility index (Phi) is 6.35. The smallest absolute Gasteiger partial charge is 0.257 e. The van der Waals surface area contributed by atoms with E-state index in [9.17, 15) is 4.79 Å². The number of hydrogen-bond acceptors (Lipinski definition) is 5. The van der Waals surface area contributed by atoms with Crippen LogP contribution in [0, 0.1) is 0 Å². The van der Waals surface area contributed by atoms with Crippen LogP contribution in [0.1, 0.15) is 21.5 Å². The Morgan fingerprint density at radius 1 is 0.971 bits per heavy atom. The third-order valence-corrected chi connectivity index (χ3v) is 6.25. The molecular formula is C26H20Cl2N6O. The van der Waals surface area contributed by atoms with Gasteiger partial charge in [0.05, 0.1) is 27.3 Å². The van der Waals surface area contributed by atoms with Crippen molar-refractivity contribution in [3.63, 3.8) is 0 Å². The first kappa shape index (κ1) is 22.8. The van der Waals surface area contributed by atoms with Gasteiger partial charge in [0.15, 0.2) is 5.65 Å². The van der Waals surface area contributed by atoms with E-state index in [1.165, 1.54) is 4.68 Å². The Morgan fingerprint density at radius 2 is 1.69 bits per heavy atom. The molecule has 35 heavy (non-hydrogen) atoms. The summed E-state index contributed by atoms with van der Waals surface area (Å²) in [5.41, 5.74) is 10.6. The molecule has 7 nitrogen and oxygen atoms in total. The first-order valence-electron chi connectivity index (χ1n) is 10.9. The molecule has 0 unspecified atom stereocenters. The summed E-state index contributed by atoms with van der Waals surface area (Å²) in [5.74, 6) is -0.194. The van der Waals surface area contributed by atoms with E-state index in [-0.39, 0.29) is 17.3 Å². The topological polar surface area (TPSA) is 98.2 Å². The number of carbonyl (C=O) groups excluding carboxylic acids is 1. The minimum Gasteiger partial charge on any atom is -0.383 e. The minimum absolute atomic E-state index is 0.142. The maximum Gasteiger partial charge on any atom is 0.257 e. The highest BCUT2D eigenvalue weighted by Gasteiger charge is 2.24. The molecule has 0 aliphatic rings. The third-order valence-electron chi connectivity index (χ3n) is 5.51. The van der Waals surface area contributed by atoms with Crippen molar-refractivity contribution in [3.8, 4) is 0 Å². The lowest BCUT2D eigenvalue weighted by molar-refractivity contribution is 0.0956. The molecule has 5 rings (SSSR count). The number of amides is 1. The number of hydrogen-bond donors (Lipinski definition) is 2. The lowest BCUT2D eigenvalue weighted by atomic mass is 10.1. The fourth-order valence-corrected chi connectivity index (χ4v) is 4.07. The molecule has 1 amide bonds. The Hall–Kier alpha value is -3.94. The molecule has 2 heterocycles. The van der Waals surface area contributed by atoms with Gasteiger partial charge in [-0.05, 0) is 41.8 Å². The van der Waals surface area contributed by atoms with Gasteiger partial charge in [0.25, 0.3) is 5.91 Å². The lowest BCUT2D eigenvalue weighted by Gasteiger charge is -2.06. The van der Waals surface area contributed by atoms with Crippen molar-refractivity contribution in [2.75, 3.05) is 12.3 Å². The zero-order chi connectivity index (χ0) is 24.4. The molecule has 0 bridgehead atoms. The summed E-state index contributed by atoms with van der Waals surface area (Å²) in [6.45, 7) is 0.447.